The molecule has 0 amide bonds. The van der Waals surface area contributed by atoms with E-state index in [-0.39, 0.29) is 0 Å². The number of allylic oxidation sites excluding steroid dienone is 1. The zero-order chi connectivity index (χ0) is 14.4. The predicted molar refractivity (Wildman–Crippen MR) is 82.6 cm³/mol. The molecule has 1 N–H and O–H groups in total. The summed E-state index contributed by atoms with van der Waals surface area (Å²) in [5.74, 6) is 1.85. The predicted octanol–water partition coefficient (Wildman–Crippen LogP) is 3.45. The van der Waals surface area contributed by atoms with Crippen molar-refractivity contribution >= 4 is 12.2 Å². The summed E-state index contributed by atoms with van der Waals surface area (Å²) < 4.78 is 8.29. The summed E-state index contributed by atoms with van der Waals surface area (Å²) >= 11 is 5.17. The van der Waals surface area contributed by atoms with Crippen molar-refractivity contribution in [3.63, 3.8) is 0 Å². The second-order valence-corrected chi connectivity index (χ2v) is 5.00. The normalized spacial score (nSPS) is 10.4. The molecule has 0 bridgehead atoms. The number of nitrogens with zero attached hydrogens (tertiary/aromatic N) is 2. The molecule has 0 unspecified atom stereocenters. The number of ether oxygens (including phenoxy) is 1. The monoisotopic (exact) mass is 289 g/mol. The molecule has 106 valence electrons. The van der Waals surface area contributed by atoms with Gasteiger partial charge in [0, 0.05) is 13.0 Å². The summed E-state index contributed by atoms with van der Waals surface area (Å²) in [6, 6.07) is 8.07. The van der Waals surface area contributed by atoms with Gasteiger partial charge in [-0.05, 0) is 37.7 Å². The molecule has 20 heavy (non-hydrogen) atoms. The maximum absolute atomic E-state index is 5.70. The van der Waals surface area contributed by atoms with Gasteiger partial charge in [0.05, 0.1) is 6.61 Å². The average Bonchev–Trinajstić information content (AvgIpc) is 2.79. The Balaban J connectivity index is 1.82. The summed E-state index contributed by atoms with van der Waals surface area (Å²) in [4.78, 5) is 0. The summed E-state index contributed by atoms with van der Waals surface area (Å²) in [5.41, 5.74) is 1.23. The van der Waals surface area contributed by atoms with E-state index in [9.17, 15) is 0 Å². The van der Waals surface area contributed by atoms with E-state index in [1.165, 1.54) is 5.56 Å². The lowest BCUT2D eigenvalue weighted by molar-refractivity contribution is 0.309. The number of nitrogens with one attached hydrogen (secondary N) is 1. The fourth-order valence-electron chi connectivity index (χ4n) is 1.91. The molecule has 1 aromatic carbocycles. The second-order valence-electron chi connectivity index (χ2n) is 4.61. The molecule has 0 atom stereocenters. The number of aromatic nitrogens is 3. The fraction of sp³-hybridized carbons (Fsp3) is 0.333. The van der Waals surface area contributed by atoms with E-state index in [0.29, 0.717) is 17.9 Å². The zero-order valence-corrected chi connectivity index (χ0v) is 12.4. The van der Waals surface area contributed by atoms with E-state index in [1.54, 1.807) is 0 Å². The van der Waals surface area contributed by atoms with Gasteiger partial charge in [0.25, 0.3) is 0 Å². The first-order valence-corrected chi connectivity index (χ1v) is 7.06. The van der Waals surface area contributed by atoms with E-state index in [0.717, 1.165) is 24.4 Å². The zero-order valence-electron chi connectivity index (χ0n) is 11.6. The van der Waals surface area contributed by atoms with E-state index in [1.807, 2.05) is 34.9 Å². The molecule has 0 radical (unpaired) electrons. The summed E-state index contributed by atoms with van der Waals surface area (Å²) in [5, 5.41) is 7.05. The Labute approximate surface area is 124 Å². The van der Waals surface area contributed by atoms with Crippen LogP contribution in [0.3, 0.4) is 0 Å². The highest BCUT2D eigenvalue weighted by Crippen LogP contribution is 2.12. The SMILES string of the molecule is C=CCn1c(CCCOc2ccc(C)cc2)n[nH]c1=S. The van der Waals surface area contributed by atoms with Crippen LogP contribution >= 0.6 is 12.2 Å². The highest BCUT2D eigenvalue weighted by molar-refractivity contribution is 7.71. The number of aryl methyl sites for hydroxylation is 2. The summed E-state index contributed by atoms with van der Waals surface area (Å²) in [6.07, 6.45) is 3.54. The molecule has 0 aliphatic carbocycles. The molecule has 5 heteroatoms. The molecule has 0 saturated carbocycles. The molecule has 0 aliphatic heterocycles. The van der Waals surface area contributed by atoms with Gasteiger partial charge in [-0.25, -0.2) is 0 Å². The van der Waals surface area contributed by atoms with Gasteiger partial charge in [0.15, 0.2) is 4.77 Å². The Morgan fingerprint density at radius 1 is 1.40 bits per heavy atom. The van der Waals surface area contributed by atoms with Crippen LogP contribution in [0, 0.1) is 11.7 Å². The minimum Gasteiger partial charge on any atom is -0.494 e. The lowest BCUT2D eigenvalue weighted by atomic mass is 10.2. The maximum Gasteiger partial charge on any atom is 0.195 e. The van der Waals surface area contributed by atoms with Crippen molar-refractivity contribution in [1.82, 2.24) is 14.8 Å². The molecule has 2 aromatic rings. The first kappa shape index (κ1) is 14.5. The summed E-state index contributed by atoms with van der Waals surface area (Å²) in [6.45, 7) is 7.14. The third-order valence-corrected chi connectivity index (χ3v) is 3.30. The first-order chi connectivity index (χ1) is 9.70. The van der Waals surface area contributed by atoms with Crippen molar-refractivity contribution in [3.8, 4) is 5.75 Å². The Bertz CT molecular complexity index is 613. The lowest BCUT2D eigenvalue weighted by Gasteiger charge is -2.07. The van der Waals surface area contributed by atoms with Crippen molar-refractivity contribution in [2.45, 2.75) is 26.3 Å². The molecule has 2 rings (SSSR count). The van der Waals surface area contributed by atoms with Gasteiger partial charge in [-0.15, -0.1) is 6.58 Å². The van der Waals surface area contributed by atoms with Crippen LogP contribution < -0.4 is 4.74 Å². The fourth-order valence-corrected chi connectivity index (χ4v) is 2.14. The molecule has 0 aliphatic rings. The van der Waals surface area contributed by atoms with Crippen LogP contribution in [0.5, 0.6) is 5.75 Å². The smallest absolute Gasteiger partial charge is 0.195 e. The third kappa shape index (κ3) is 3.81. The average molecular weight is 289 g/mol. The Hall–Kier alpha value is -1.88. The van der Waals surface area contributed by atoms with E-state index >= 15 is 0 Å². The van der Waals surface area contributed by atoms with Crippen LogP contribution in [-0.2, 0) is 13.0 Å². The van der Waals surface area contributed by atoms with Crippen molar-refractivity contribution in [1.29, 1.82) is 0 Å². The van der Waals surface area contributed by atoms with Gasteiger partial charge in [0.1, 0.15) is 11.6 Å². The molecular formula is C15H19N3OS. The van der Waals surface area contributed by atoms with Crippen LogP contribution in [0.4, 0.5) is 0 Å². The third-order valence-electron chi connectivity index (χ3n) is 2.98. The van der Waals surface area contributed by atoms with Crippen LogP contribution in [0.1, 0.15) is 17.8 Å². The quantitative estimate of drug-likeness (QED) is 0.482. The van der Waals surface area contributed by atoms with Gasteiger partial charge < -0.3 is 9.30 Å². The van der Waals surface area contributed by atoms with E-state index in [4.69, 9.17) is 17.0 Å². The highest BCUT2D eigenvalue weighted by Gasteiger charge is 2.04. The Kier molecular flexibility index (Phi) is 5.12. The molecule has 0 saturated heterocycles. The largest absolute Gasteiger partial charge is 0.494 e. The van der Waals surface area contributed by atoms with Crippen LogP contribution in [0.15, 0.2) is 36.9 Å². The molecular weight excluding hydrogens is 270 g/mol. The van der Waals surface area contributed by atoms with E-state index < -0.39 is 0 Å². The van der Waals surface area contributed by atoms with Crippen molar-refractivity contribution in [2.24, 2.45) is 0 Å². The van der Waals surface area contributed by atoms with Crippen LogP contribution in [0.2, 0.25) is 0 Å². The molecule has 0 fully saturated rings. The standard InChI is InChI=1S/C15H19N3OS/c1-3-10-18-14(16-17-15(18)20)5-4-11-19-13-8-6-12(2)7-9-13/h3,6-9H,1,4-5,10-11H2,2H3,(H,17,20). The minimum atomic E-state index is 0.638. The molecule has 1 heterocycles. The van der Waals surface area contributed by atoms with Crippen LogP contribution in [0.25, 0.3) is 0 Å². The number of rotatable bonds is 7. The van der Waals surface area contributed by atoms with Gasteiger partial charge in [-0.2, -0.15) is 5.10 Å². The van der Waals surface area contributed by atoms with Gasteiger partial charge in [0.2, 0.25) is 0 Å². The lowest BCUT2D eigenvalue weighted by Crippen LogP contribution is -2.06. The topological polar surface area (TPSA) is 42.8 Å². The first-order valence-electron chi connectivity index (χ1n) is 6.65. The molecule has 4 nitrogen and oxygen atoms in total. The van der Waals surface area contributed by atoms with Crippen molar-refractivity contribution in [2.75, 3.05) is 6.61 Å². The summed E-state index contributed by atoms with van der Waals surface area (Å²) in [7, 11) is 0. The number of aromatic amines is 1. The molecule has 1 aromatic heterocycles. The number of H-pyrrole nitrogens is 1. The highest BCUT2D eigenvalue weighted by atomic mass is 32.1. The van der Waals surface area contributed by atoms with Gasteiger partial charge in [-0.1, -0.05) is 23.8 Å². The number of hydrogen-bond donors (Lipinski definition) is 1. The second kappa shape index (κ2) is 7.05. The van der Waals surface area contributed by atoms with Gasteiger partial charge >= 0.3 is 0 Å². The van der Waals surface area contributed by atoms with Gasteiger partial charge in [-0.3, -0.25) is 5.10 Å². The minimum absolute atomic E-state index is 0.638. The Morgan fingerprint density at radius 3 is 2.85 bits per heavy atom. The maximum atomic E-state index is 5.70. The van der Waals surface area contributed by atoms with Crippen molar-refractivity contribution in [3.05, 3.63) is 53.1 Å². The van der Waals surface area contributed by atoms with E-state index in [2.05, 4.69) is 23.7 Å². The number of hydrogen-bond acceptors (Lipinski definition) is 3. The van der Waals surface area contributed by atoms with Crippen LogP contribution in [-0.4, -0.2) is 21.4 Å². The number of benzene rings is 1. The Morgan fingerprint density at radius 2 is 2.15 bits per heavy atom. The van der Waals surface area contributed by atoms with Crippen molar-refractivity contribution < 1.29 is 4.74 Å². The molecule has 0 spiro atoms.